The first-order valence-corrected chi connectivity index (χ1v) is 11.2. The fourth-order valence-electron chi connectivity index (χ4n) is 3.45. The minimum atomic E-state index is -3.49. The van der Waals surface area contributed by atoms with E-state index in [1.54, 1.807) is 24.3 Å². The van der Waals surface area contributed by atoms with Crippen LogP contribution in [0.2, 0.25) is 5.02 Å². The highest BCUT2D eigenvalue weighted by atomic mass is 35.5. The molecule has 1 aliphatic rings. The molecule has 0 saturated carbocycles. The van der Waals surface area contributed by atoms with Crippen LogP contribution in [0.4, 0.5) is 5.69 Å². The van der Waals surface area contributed by atoms with Crippen LogP contribution in [0.1, 0.15) is 28.8 Å². The van der Waals surface area contributed by atoms with E-state index in [9.17, 15) is 13.2 Å². The third kappa shape index (κ3) is 5.04. The number of carbonyl (C=O) groups excluding carboxylic acids is 1. The SMILES string of the molecule is CS(=O)(=O)Nc1ccccc1C(=O)NCC1(c2ccc(Cl)cc2)CCOCC1. The summed E-state index contributed by atoms with van der Waals surface area (Å²) in [5.74, 6) is -0.327. The average Bonchev–Trinajstić information content (AvgIpc) is 2.66. The van der Waals surface area contributed by atoms with Gasteiger partial charge < -0.3 is 10.1 Å². The minimum absolute atomic E-state index is 0.252. The van der Waals surface area contributed by atoms with Crippen LogP contribution in [-0.4, -0.2) is 40.3 Å². The maximum absolute atomic E-state index is 12.8. The lowest BCUT2D eigenvalue weighted by Crippen LogP contribution is -2.44. The first-order chi connectivity index (χ1) is 13.3. The molecule has 0 spiro atoms. The van der Waals surface area contributed by atoms with Crippen LogP contribution < -0.4 is 10.0 Å². The molecule has 0 bridgehead atoms. The third-order valence-corrected chi connectivity index (χ3v) is 5.80. The van der Waals surface area contributed by atoms with E-state index in [1.165, 1.54) is 0 Å². The molecule has 0 radical (unpaired) electrons. The lowest BCUT2D eigenvalue weighted by Gasteiger charge is -2.38. The molecule has 0 unspecified atom stereocenters. The van der Waals surface area contributed by atoms with Crippen molar-refractivity contribution in [3.05, 3.63) is 64.7 Å². The van der Waals surface area contributed by atoms with Crippen molar-refractivity contribution >= 4 is 33.2 Å². The molecule has 2 N–H and O–H groups in total. The van der Waals surface area contributed by atoms with E-state index in [0.717, 1.165) is 24.7 Å². The van der Waals surface area contributed by atoms with Gasteiger partial charge in [-0.05, 0) is 42.7 Å². The summed E-state index contributed by atoms with van der Waals surface area (Å²) in [6, 6.07) is 14.2. The highest BCUT2D eigenvalue weighted by molar-refractivity contribution is 7.92. The Bertz CT molecular complexity index is 939. The number of ether oxygens (including phenoxy) is 1. The van der Waals surface area contributed by atoms with E-state index in [4.69, 9.17) is 16.3 Å². The van der Waals surface area contributed by atoms with E-state index in [1.807, 2.05) is 24.3 Å². The van der Waals surface area contributed by atoms with Gasteiger partial charge in [0.1, 0.15) is 0 Å². The van der Waals surface area contributed by atoms with Gasteiger partial charge in [0.05, 0.1) is 17.5 Å². The number of halogens is 1. The molecule has 1 fully saturated rings. The number of carbonyl (C=O) groups is 1. The number of hydrogen-bond acceptors (Lipinski definition) is 4. The minimum Gasteiger partial charge on any atom is -0.381 e. The molecule has 28 heavy (non-hydrogen) atoms. The van der Waals surface area contributed by atoms with E-state index in [-0.39, 0.29) is 22.6 Å². The summed E-state index contributed by atoms with van der Waals surface area (Å²) in [6.07, 6.45) is 2.61. The van der Waals surface area contributed by atoms with Gasteiger partial charge in [-0.25, -0.2) is 8.42 Å². The topological polar surface area (TPSA) is 84.5 Å². The van der Waals surface area contributed by atoms with E-state index in [2.05, 4.69) is 10.0 Å². The van der Waals surface area contributed by atoms with E-state index < -0.39 is 10.0 Å². The lowest BCUT2D eigenvalue weighted by molar-refractivity contribution is 0.0487. The highest BCUT2D eigenvalue weighted by Crippen LogP contribution is 2.35. The van der Waals surface area contributed by atoms with Gasteiger partial charge in [0, 0.05) is 30.2 Å². The molecule has 1 amide bonds. The molecule has 0 atom stereocenters. The maximum Gasteiger partial charge on any atom is 0.253 e. The summed E-state index contributed by atoms with van der Waals surface area (Å²) in [5.41, 5.74) is 1.39. The standard InChI is InChI=1S/C20H23ClN2O4S/c1-28(25,26)23-18-5-3-2-4-17(18)19(24)22-14-20(10-12-27-13-11-20)15-6-8-16(21)9-7-15/h2-9,23H,10-14H2,1H3,(H,22,24). The molecule has 1 heterocycles. The first kappa shape index (κ1) is 20.6. The van der Waals surface area contributed by atoms with Crippen molar-refractivity contribution in [2.45, 2.75) is 18.3 Å². The smallest absolute Gasteiger partial charge is 0.253 e. The Hall–Kier alpha value is -2.09. The maximum atomic E-state index is 12.8. The van der Waals surface area contributed by atoms with Crippen LogP contribution in [0, 0.1) is 0 Å². The number of benzene rings is 2. The van der Waals surface area contributed by atoms with Crippen molar-refractivity contribution < 1.29 is 17.9 Å². The summed E-state index contributed by atoms with van der Waals surface area (Å²) in [4.78, 5) is 12.8. The molecule has 0 aromatic heterocycles. The Morgan fingerprint density at radius 1 is 1.11 bits per heavy atom. The fourth-order valence-corrected chi connectivity index (χ4v) is 4.15. The number of rotatable bonds is 6. The van der Waals surface area contributed by atoms with Crippen molar-refractivity contribution in [1.82, 2.24) is 5.32 Å². The van der Waals surface area contributed by atoms with Crippen LogP contribution >= 0.6 is 11.6 Å². The van der Waals surface area contributed by atoms with Crippen molar-refractivity contribution in [3.63, 3.8) is 0 Å². The van der Waals surface area contributed by atoms with Gasteiger partial charge in [-0.2, -0.15) is 0 Å². The molecule has 1 saturated heterocycles. The summed E-state index contributed by atoms with van der Waals surface area (Å²) in [6.45, 7) is 1.65. The zero-order valence-electron chi connectivity index (χ0n) is 15.6. The molecule has 150 valence electrons. The van der Waals surface area contributed by atoms with Gasteiger partial charge in [0.15, 0.2) is 0 Å². The number of amides is 1. The molecule has 2 aromatic carbocycles. The third-order valence-electron chi connectivity index (χ3n) is 4.96. The molecule has 6 nitrogen and oxygen atoms in total. The number of nitrogens with one attached hydrogen (secondary N) is 2. The van der Waals surface area contributed by atoms with Crippen LogP contribution in [0.3, 0.4) is 0 Å². The fraction of sp³-hybridized carbons (Fsp3) is 0.350. The summed E-state index contributed by atoms with van der Waals surface area (Å²) < 4.78 is 31.1. The van der Waals surface area contributed by atoms with Crippen LogP contribution in [0.25, 0.3) is 0 Å². The van der Waals surface area contributed by atoms with Crippen molar-refractivity contribution in [2.24, 2.45) is 0 Å². The number of para-hydroxylation sites is 1. The Morgan fingerprint density at radius 3 is 2.39 bits per heavy atom. The van der Waals surface area contributed by atoms with Crippen LogP contribution in [0.5, 0.6) is 0 Å². The molecule has 3 rings (SSSR count). The first-order valence-electron chi connectivity index (χ1n) is 8.98. The zero-order chi connectivity index (χ0) is 20.2. The molecule has 1 aliphatic heterocycles. The largest absolute Gasteiger partial charge is 0.381 e. The Balaban J connectivity index is 1.81. The Kier molecular flexibility index (Phi) is 6.27. The van der Waals surface area contributed by atoms with Gasteiger partial charge in [-0.15, -0.1) is 0 Å². The summed E-state index contributed by atoms with van der Waals surface area (Å²) in [7, 11) is -3.49. The molecular formula is C20H23ClN2O4S. The second-order valence-corrected chi connectivity index (χ2v) is 9.19. The molecule has 0 aliphatic carbocycles. The van der Waals surface area contributed by atoms with E-state index >= 15 is 0 Å². The summed E-state index contributed by atoms with van der Waals surface area (Å²) in [5, 5.41) is 3.65. The molecular weight excluding hydrogens is 400 g/mol. The highest BCUT2D eigenvalue weighted by Gasteiger charge is 2.35. The van der Waals surface area contributed by atoms with Crippen molar-refractivity contribution in [1.29, 1.82) is 0 Å². The number of sulfonamides is 1. The van der Waals surface area contributed by atoms with E-state index in [0.29, 0.717) is 24.8 Å². The predicted octanol–water partition coefficient (Wildman–Crippen LogP) is 3.19. The summed E-state index contributed by atoms with van der Waals surface area (Å²) >= 11 is 6.02. The van der Waals surface area contributed by atoms with Gasteiger partial charge in [-0.1, -0.05) is 35.9 Å². The van der Waals surface area contributed by atoms with Crippen molar-refractivity contribution in [3.8, 4) is 0 Å². The second-order valence-electron chi connectivity index (χ2n) is 7.00. The van der Waals surface area contributed by atoms with Gasteiger partial charge in [0.25, 0.3) is 5.91 Å². The van der Waals surface area contributed by atoms with Crippen molar-refractivity contribution in [2.75, 3.05) is 30.7 Å². The van der Waals surface area contributed by atoms with Gasteiger partial charge in [-0.3, -0.25) is 9.52 Å². The number of anilines is 1. The molecule has 8 heteroatoms. The monoisotopic (exact) mass is 422 g/mol. The average molecular weight is 423 g/mol. The lowest BCUT2D eigenvalue weighted by atomic mass is 9.74. The van der Waals surface area contributed by atoms with Gasteiger partial charge >= 0.3 is 0 Å². The molecule has 2 aromatic rings. The number of hydrogen-bond donors (Lipinski definition) is 2. The van der Waals surface area contributed by atoms with Gasteiger partial charge in [0.2, 0.25) is 10.0 Å². The normalized spacial score (nSPS) is 16.4. The second kappa shape index (κ2) is 8.51. The van der Waals surface area contributed by atoms with Crippen LogP contribution in [0.15, 0.2) is 48.5 Å². The quantitative estimate of drug-likeness (QED) is 0.748. The Labute approximate surface area is 170 Å². The van der Waals surface area contributed by atoms with Crippen LogP contribution in [-0.2, 0) is 20.2 Å². The predicted molar refractivity (Wildman–Crippen MR) is 110 cm³/mol. The Morgan fingerprint density at radius 2 is 1.75 bits per heavy atom. The zero-order valence-corrected chi connectivity index (χ0v) is 17.1.